The zero-order valence-corrected chi connectivity index (χ0v) is 12.5. The van der Waals surface area contributed by atoms with Crippen molar-refractivity contribution >= 4 is 39.8 Å². The molecule has 1 aliphatic heterocycles. The zero-order valence-electron chi connectivity index (χ0n) is 11.7. The molecular formula is C16H14N2O3S. The van der Waals surface area contributed by atoms with Crippen molar-refractivity contribution in [2.24, 2.45) is 5.73 Å². The van der Waals surface area contributed by atoms with Gasteiger partial charge in [0.25, 0.3) is 11.1 Å². The van der Waals surface area contributed by atoms with Gasteiger partial charge in [-0.1, -0.05) is 30.3 Å². The second kappa shape index (κ2) is 6.21. The fourth-order valence-corrected chi connectivity index (χ4v) is 2.95. The Morgan fingerprint density at radius 1 is 1.14 bits per heavy atom. The predicted molar refractivity (Wildman–Crippen MR) is 87.6 cm³/mol. The van der Waals surface area contributed by atoms with Gasteiger partial charge in [0, 0.05) is 11.9 Å². The van der Waals surface area contributed by atoms with Gasteiger partial charge < -0.3 is 10.5 Å². The number of fused-ring (bicyclic) bond motifs is 1. The molecule has 2 aromatic carbocycles. The molecule has 5 nitrogen and oxygen atoms in total. The molecule has 22 heavy (non-hydrogen) atoms. The number of benzene rings is 2. The highest BCUT2D eigenvalue weighted by Crippen LogP contribution is 2.32. The van der Waals surface area contributed by atoms with Crippen LogP contribution in [0, 0.1) is 0 Å². The van der Waals surface area contributed by atoms with Crippen LogP contribution in [0.2, 0.25) is 0 Å². The first-order chi connectivity index (χ1) is 10.7. The Hall–Kier alpha value is -2.31. The minimum Gasteiger partial charge on any atom is -0.492 e. The Morgan fingerprint density at radius 2 is 1.91 bits per heavy atom. The van der Waals surface area contributed by atoms with Crippen LogP contribution in [0.4, 0.5) is 4.79 Å². The molecule has 1 saturated heterocycles. The first kappa shape index (κ1) is 14.6. The molecule has 3 N–H and O–H groups in total. The van der Waals surface area contributed by atoms with Crippen molar-refractivity contribution in [2.45, 2.75) is 0 Å². The number of imide groups is 1. The quantitative estimate of drug-likeness (QED) is 0.847. The highest BCUT2D eigenvalue weighted by molar-refractivity contribution is 8.18. The number of nitrogens with one attached hydrogen (secondary N) is 1. The number of carbonyl (C=O) groups is 2. The van der Waals surface area contributed by atoms with Gasteiger partial charge in [0.15, 0.2) is 0 Å². The molecule has 0 radical (unpaired) electrons. The van der Waals surface area contributed by atoms with Crippen molar-refractivity contribution in [2.75, 3.05) is 13.2 Å². The highest BCUT2D eigenvalue weighted by atomic mass is 32.2. The lowest BCUT2D eigenvalue weighted by molar-refractivity contribution is -0.115. The number of nitrogens with two attached hydrogens (primary N) is 1. The summed E-state index contributed by atoms with van der Waals surface area (Å²) in [6, 6.07) is 11.5. The highest BCUT2D eigenvalue weighted by Gasteiger charge is 2.25. The second-order valence-corrected chi connectivity index (χ2v) is 5.70. The van der Waals surface area contributed by atoms with Gasteiger partial charge in [-0.3, -0.25) is 14.9 Å². The summed E-state index contributed by atoms with van der Waals surface area (Å²) in [6.07, 6.45) is 1.72. The van der Waals surface area contributed by atoms with E-state index in [2.05, 4.69) is 5.32 Å². The second-order valence-electron chi connectivity index (χ2n) is 4.69. The Balaban J connectivity index is 2.06. The number of hydrogen-bond acceptors (Lipinski definition) is 5. The number of carbonyl (C=O) groups excluding carboxylic acids is 2. The monoisotopic (exact) mass is 314 g/mol. The van der Waals surface area contributed by atoms with E-state index >= 15 is 0 Å². The lowest BCUT2D eigenvalue weighted by Crippen LogP contribution is -2.17. The summed E-state index contributed by atoms with van der Waals surface area (Å²) in [4.78, 5) is 23.3. The lowest BCUT2D eigenvalue weighted by atomic mass is 10.0. The van der Waals surface area contributed by atoms with Crippen molar-refractivity contribution in [1.29, 1.82) is 0 Å². The molecule has 112 valence electrons. The molecular weight excluding hydrogens is 300 g/mol. The van der Waals surface area contributed by atoms with E-state index in [1.54, 1.807) is 6.08 Å². The Kier molecular flexibility index (Phi) is 4.13. The lowest BCUT2D eigenvalue weighted by Gasteiger charge is -2.10. The first-order valence-electron chi connectivity index (χ1n) is 6.78. The molecule has 1 aliphatic rings. The van der Waals surface area contributed by atoms with E-state index < -0.39 is 0 Å². The number of thioether (sulfide) groups is 1. The fraction of sp³-hybridized carbons (Fsp3) is 0.125. The van der Waals surface area contributed by atoms with Crippen LogP contribution in [0.5, 0.6) is 5.75 Å². The maximum Gasteiger partial charge on any atom is 0.290 e. The molecule has 0 spiro atoms. The van der Waals surface area contributed by atoms with Crippen LogP contribution in [0.3, 0.4) is 0 Å². The van der Waals surface area contributed by atoms with Gasteiger partial charge in [-0.25, -0.2) is 0 Å². The average molecular weight is 314 g/mol. The minimum absolute atomic E-state index is 0.344. The molecule has 0 unspecified atom stereocenters. The molecule has 0 aromatic heterocycles. The number of hydrogen-bond donors (Lipinski definition) is 2. The molecule has 0 bridgehead atoms. The Bertz CT molecular complexity index is 786. The molecule has 1 fully saturated rings. The first-order valence-corrected chi connectivity index (χ1v) is 7.60. The van der Waals surface area contributed by atoms with Crippen molar-refractivity contribution < 1.29 is 14.3 Å². The molecule has 2 aromatic rings. The van der Waals surface area contributed by atoms with Gasteiger partial charge in [0.1, 0.15) is 12.4 Å². The summed E-state index contributed by atoms with van der Waals surface area (Å²) in [5.41, 5.74) is 6.34. The largest absolute Gasteiger partial charge is 0.492 e. The summed E-state index contributed by atoms with van der Waals surface area (Å²) < 4.78 is 5.65. The van der Waals surface area contributed by atoms with Crippen LogP contribution in [0.15, 0.2) is 41.3 Å². The van der Waals surface area contributed by atoms with E-state index in [1.165, 1.54) is 0 Å². The van der Waals surface area contributed by atoms with Crippen LogP contribution >= 0.6 is 11.8 Å². The number of ether oxygens (including phenoxy) is 1. The summed E-state index contributed by atoms with van der Waals surface area (Å²) in [5, 5.41) is 3.81. The Labute approximate surface area is 131 Å². The third-order valence-electron chi connectivity index (χ3n) is 3.22. The zero-order chi connectivity index (χ0) is 15.5. The van der Waals surface area contributed by atoms with Crippen LogP contribution in [0.1, 0.15) is 5.56 Å². The van der Waals surface area contributed by atoms with E-state index in [4.69, 9.17) is 10.5 Å². The summed E-state index contributed by atoms with van der Waals surface area (Å²) in [6.45, 7) is 0.885. The standard InChI is InChI=1S/C16H14N2O3S/c17-7-8-21-13-6-5-10(11-3-1-2-4-12(11)13)9-14-15(19)18-16(20)22-14/h1-6,9H,7-8,17H2,(H,18,19,20). The van der Waals surface area contributed by atoms with Gasteiger partial charge in [-0.15, -0.1) is 0 Å². The van der Waals surface area contributed by atoms with Gasteiger partial charge in [0.05, 0.1) is 4.91 Å². The third-order valence-corrected chi connectivity index (χ3v) is 4.03. The maximum absolute atomic E-state index is 11.7. The van der Waals surface area contributed by atoms with Crippen molar-refractivity contribution in [3.8, 4) is 5.75 Å². The molecule has 6 heteroatoms. The summed E-state index contributed by atoms with van der Waals surface area (Å²) in [7, 11) is 0. The average Bonchev–Trinajstić information content (AvgIpc) is 2.84. The van der Waals surface area contributed by atoms with E-state index in [0.29, 0.717) is 18.1 Å². The van der Waals surface area contributed by atoms with E-state index in [0.717, 1.165) is 33.8 Å². The molecule has 0 saturated carbocycles. The summed E-state index contributed by atoms with van der Waals surface area (Å²) >= 11 is 0.909. The third kappa shape index (κ3) is 2.84. The van der Waals surface area contributed by atoms with E-state index in [9.17, 15) is 9.59 Å². The van der Waals surface area contributed by atoms with Crippen LogP contribution in [0.25, 0.3) is 16.8 Å². The minimum atomic E-state index is -0.359. The Morgan fingerprint density at radius 3 is 2.59 bits per heavy atom. The van der Waals surface area contributed by atoms with Gasteiger partial charge in [-0.05, 0) is 34.9 Å². The number of rotatable bonds is 4. The fourth-order valence-electron chi connectivity index (χ4n) is 2.28. The van der Waals surface area contributed by atoms with Gasteiger partial charge >= 0.3 is 0 Å². The molecule has 0 aliphatic carbocycles. The molecule has 3 rings (SSSR count). The molecule has 0 atom stereocenters. The predicted octanol–water partition coefficient (Wildman–Crippen LogP) is 2.50. The SMILES string of the molecule is NCCOc1ccc(C=C2SC(=O)NC2=O)c2ccccc12. The topological polar surface area (TPSA) is 81.4 Å². The van der Waals surface area contributed by atoms with Gasteiger partial charge in [-0.2, -0.15) is 0 Å². The molecule has 2 amide bonds. The van der Waals surface area contributed by atoms with E-state index in [-0.39, 0.29) is 11.1 Å². The van der Waals surface area contributed by atoms with Gasteiger partial charge in [0.2, 0.25) is 0 Å². The van der Waals surface area contributed by atoms with E-state index in [1.807, 2.05) is 36.4 Å². The maximum atomic E-state index is 11.7. The summed E-state index contributed by atoms with van der Waals surface area (Å²) in [5.74, 6) is 0.394. The van der Waals surface area contributed by atoms with Crippen LogP contribution < -0.4 is 15.8 Å². The normalized spacial score (nSPS) is 16.3. The van der Waals surface area contributed by atoms with Crippen molar-refractivity contribution in [3.05, 3.63) is 46.9 Å². The number of amides is 2. The van der Waals surface area contributed by atoms with Crippen molar-refractivity contribution in [3.63, 3.8) is 0 Å². The smallest absolute Gasteiger partial charge is 0.290 e. The van der Waals surface area contributed by atoms with Crippen LogP contribution in [-0.2, 0) is 4.79 Å². The van der Waals surface area contributed by atoms with Crippen molar-refractivity contribution in [1.82, 2.24) is 5.32 Å². The molecule has 1 heterocycles. The van der Waals surface area contributed by atoms with Crippen LogP contribution in [-0.4, -0.2) is 24.3 Å².